The Morgan fingerprint density at radius 3 is 2.50 bits per heavy atom. The van der Waals surface area contributed by atoms with Crippen LogP contribution in [0.15, 0.2) is 108 Å². The van der Waals surface area contributed by atoms with Crippen LogP contribution in [0.25, 0.3) is 17.0 Å². The molecule has 0 unspecified atom stereocenters. The Bertz CT molecular complexity index is 1920. The molecular formula is C38H37N3O6S. The van der Waals surface area contributed by atoms with E-state index in [0.717, 1.165) is 43.9 Å². The van der Waals surface area contributed by atoms with Crippen LogP contribution in [0.2, 0.25) is 0 Å². The van der Waals surface area contributed by atoms with Gasteiger partial charge in [-0.25, -0.2) is 14.6 Å². The monoisotopic (exact) mass is 663 g/mol. The van der Waals surface area contributed by atoms with Crippen LogP contribution < -0.4 is 10.1 Å². The number of esters is 1. The van der Waals surface area contributed by atoms with Crippen LogP contribution in [-0.4, -0.2) is 39.5 Å². The lowest BCUT2D eigenvalue weighted by molar-refractivity contribution is -0.152. The molecule has 3 aromatic carbocycles. The summed E-state index contributed by atoms with van der Waals surface area (Å²) in [6, 6.07) is 25.5. The van der Waals surface area contributed by atoms with Crippen molar-refractivity contribution in [1.29, 1.82) is 0 Å². The van der Waals surface area contributed by atoms with Gasteiger partial charge in [0, 0.05) is 34.5 Å². The molecule has 48 heavy (non-hydrogen) atoms. The largest absolute Gasteiger partial charge is 0.489 e. The van der Waals surface area contributed by atoms with Crippen molar-refractivity contribution in [2.45, 2.75) is 45.8 Å². The third kappa shape index (κ3) is 9.76. The number of hydrogen-bond acceptors (Lipinski definition) is 7. The molecule has 0 saturated carbocycles. The van der Waals surface area contributed by atoms with Gasteiger partial charge in [-0.2, -0.15) is 0 Å². The predicted molar refractivity (Wildman–Crippen MR) is 187 cm³/mol. The Labute approximate surface area is 283 Å². The Kier molecular flexibility index (Phi) is 11.6. The standard InChI is InChI=1S/C38H37N3O6S/c1-25(18-26(2)38(45)47-23-36(43)44)19-30-24-48-37(40-30)34(41-35(42)17-14-29-21-39-33-11-7-6-10-32(29)33)20-27-12-15-31(16-13-27)46-22-28-8-4-3-5-9-28/h3-13,15-16,18-19,21,24,34,39H,14,17,20,22-23H2,1-2H3,(H,41,42)(H,43,44)/b25-19+,26-18-/t34-/m0/s1. The molecule has 246 valence electrons. The van der Waals surface area contributed by atoms with Crippen LogP contribution in [-0.2, 0) is 38.6 Å². The van der Waals surface area contributed by atoms with E-state index in [1.807, 2.05) is 97.4 Å². The van der Waals surface area contributed by atoms with Gasteiger partial charge in [0.05, 0.1) is 11.7 Å². The van der Waals surface area contributed by atoms with Crippen LogP contribution in [0, 0.1) is 0 Å². The van der Waals surface area contributed by atoms with Crippen molar-refractivity contribution in [3.05, 3.63) is 135 Å². The molecule has 9 nitrogen and oxygen atoms in total. The van der Waals surface area contributed by atoms with Crippen molar-refractivity contribution in [2.75, 3.05) is 6.61 Å². The number of aliphatic carboxylic acids is 1. The molecule has 0 fully saturated rings. The summed E-state index contributed by atoms with van der Waals surface area (Å²) in [5.74, 6) is -1.23. The Balaban J connectivity index is 1.29. The second-order valence-electron chi connectivity index (χ2n) is 11.4. The van der Waals surface area contributed by atoms with Gasteiger partial charge in [-0.15, -0.1) is 11.3 Å². The summed E-state index contributed by atoms with van der Waals surface area (Å²) in [6.45, 7) is 3.16. The Hall–Kier alpha value is -5.48. The molecule has 2 heterocycles. The number of aromatic amines is 1. The number of carboxylic acids is 1. The van der Waals surface area contributed by atoms with E-state index in [0.29, 0.717) is 31.6 Å². The number of benzene rings is 3. The van der Waals surface area contributed by atoms with E-state index in [-0.39, 0.29) is 17.5 Å². The fourth-order valence-electron chi connectivity index (χ4n) is 5.20. The van der Waals surface area contributed by atoms with Crippen LogP contribution in [0.1, 0.15) is 53.7 Å². The van der Waals surface area contributed by atoms with E-state index < -0.39 is 18.5 Å². The smallest absolute Gasteiger partial charge is 0.341 e. The second kappa shape index (κ2) is 16.4. The third-order valence-electron chi connectivity index (χ3n) is 7.55. The van der Waals surface area contributed by atoms with Crippen molar-refractivity contribution in [1.82, 2.24) is 15.3 Å². The first-order chi connectivity index (χ1) is 23.2. The Morgan fingerprint density at radius 1 is 0.979 bits per heavy atom. The zero-order chi connectivity index (χ0) is 33.9. The average molecular weight is 664 g/mol. The number of nitrogens with zero attached hydrogens (tertiary/aromatic N) is 1. The number of rotatable bonds is 15. The number of ether oxygens (including phenoxy) is 2. The zero-order valence-electron chi connectivity index (χ0n) is 26.8. The summed E-state index contributed by atoms with van der Waals surface area (Å²) in [4.78, 5) is 44.2. The maximum atomic E-state index is 13.3. The molecular weight excluding hydrogens is 627 g/mol. The maximum absolute atomic E-state index is 13.3. The number of fused-ring (bicyclic) bond motifs is 1. The van der Waals surface area contributed by atoms with Gasteiger partial charge in [0.2, 0.25) is 5.91 Å². The fraction of sp³-hybridized carbons (Fsp3) is 0.211. The fourth-order valence-corrected chi connectivity index (χ4v) is 6.02. The number of amides is 1. The minimum Gasteiger partial charge on any atom is -0.489 e. The summed E-state index contributed by atoms with van der Waals surface area (Å²) in [6.07, 6.45) is 6.85. The molecule has 0 aliphatic rings. The first-order valence-corrected chi connectivity index (χ1v) is 16.4. The number of carboxylic acid groups (broad SMARTS) is 1. The molecule has 0 aliphatic heterocycles. The van der Waals surface area contributed by atoms with Gasteiger partial charge < -0.3 is 24.9 Å². The first kappa shape index (κ1) is 33.9. The number of thiazole rings is 1. The number of para-hydroxylation sites is 1. The van der Waals surface area contributed by atoms with Gasteiger partial charge in [-0.3, -0.25) is 4.79 Å². The topological polar surface area (TPSA) is 131 Å². The van der Waals surface area contributed by atoms with E-state index in [1.54, 1.807) is 13.0 Å². The summed E-state index contributed by atoms with van der Waals surface area (Å²) < 4.78 is 10.7. The highest BCUT2D eigenvalue weighted by atomic mass is 32.1. The minimum absolute atomic E-state index is 0.0741. The maximum Gasteiger partial charge on any atom is 0.341 e. The van der Waals surface area contributed by atoms with E-state index in [1.165, 1.54) is 11.3 Å². The lowest BCUT2D eigenvalue weighted by atomic mass is 10.0. The van der Waals surface area contributed by atoms with Crippen LogP contribution in [0.4, 0.5) is 0 Å². The third-order valence-corrected chi connectivity index (χ3v) is 8.53. The van der Waals surface area contributed by atoms with Crippen molar-refractivity contribution < 1.29 is 29.0 Å². The second-order valence-corrected chi connectivity index (χ2v) is 12.3. The van der Waals surface area contributed by atoms with Gasteiger partial charge in [0.15, 0.2) is 6.61 Å². The number of nitrogens with one attached hydrogen (secondary N) is 2. The summed E-state index contributed by atoms with van der Waals surface area (Å²) >= 11 is 1.45. The van der Waals surface area contributed by atoms with E-state index >= 15 is 0 Å². The lowest BCUT2D eigenvalue weighted by Crippen LogP contribution is -2.30. The molecule has 10 heteroatoms. The van der Waals surface area contributed by atoms with Crippen molar-refractivity contribution in [2.24, 2.45) is 0 Å². The SMILES string of the molecule is C/C(=C/C(C)=C/c1csc([C@H](Cc2ccc(OCc3ccccc3)cc2)NC(=O)CCc2c[nH]c3ccccc23)n1)C(=O)OCC(=O)O. The molecule has 2 aromatic heterocycles. The number of allylic oxidation sites excluding steroid dienone is 2. The molecule has 1 amide bonds. The number of carbonyl (C=O) groups is 3. The molecule has 1 atom stereocenters. The Morgan fingerprint density at radius 2 is 1.73 bits per heavy atom. The number of aryl methyl sites for hydroxylation is 1. The lowest BCUT2D eigenvalue weighted by Gasteiger charge is -2.17. The quantitative estimate of drug-likeness (QED) is 0.0613. The molecule has 0 spiro atoms. The number of carbonyl (C=O) groups excluding carboxylic acids is 2. The molecule has 3 N–H and O–H groups in total. The molecule has 0 saturated heterocycles. The van der Waals surface area contributed by atoms with Gasteiger partial charge in [0.25, 0.3) is 0 Å². The number of aromatic nitrogens is 2. The normalized spacial score (nSPS) is 12.5. The number of H-pyrrole nitrogens is 1. The van der Waals surface area contributed by atoms with Crippen LogP contribution >= 0.6 is 11.3 Å². The summed E-state index contributed by atoms with van der Waals surface area (Å²) in [5.41, 5.74) is 5.94. The van der Waals surface area contributed by atoms with Crippen molar-refractivity contribution in [3.63, 3.8) is 0 Å². The van der Waals surface area contributed by atoms with E-state index in [4.69, 9.17) is 19.6 Å². The van der Waals surface area contributed by atoms with E-state index in [9.17, 15) is 14.4 Å². The van der Waals surface area contributed by atoms with Crippen LogP contribution in [0.5, 0.6) is 5.75 Å². The zero-order valence-corrected chi connectivity index (χ0v) is 27.6. The highest BCUT2D eigenvalue weighted by Crippen LogP contribution is 2.26. The average Bonchev–Trinajstić information content (AvgIpc) is 3.73. The molecule has 0 bridgehead atoms. The molecule has 0 radical (unpaired) electrons. The summed E-state index contributed by atoms with van der Waals surface area (Å²) in [7, 11) is 0. The van der Waals surface area contributed by atoms with Gasteiger partial charge in [0.1, 0.15) is 17.4 Å². The summed E-state index contributed by atoms with van der Waals surface area (Å²) in [5, 5.41) is 15.7. The molecule has 5 aromatic rings. The highest BCUT2D eigenvalue weighted by Gasteiger charge is 2.20. The van der Waals surface area contributed by atoms with Crippen molar-refractivity contribution in [3.8, 4) is 5.75 Å². The molecule has 0 aliphatic carbocycles. The molecule has 5 rings (SSSR count). The van der Waals surface area contributed by atoms with Gasteiger partial charge >= 0.3 is 11.9 Å². The predicted octanol–water partition coefficient (Wildman–Crippen LogP) is 7.21. The minimum atomic E-state index is -1.22. The number of hydrogen-bond donors (Lipinski definition) is 3. The first-order valence-electron chi connectivity index (χ1n) is 15.5. The van der Waals surface area contributed by atoms with Gasteiger partial charge in [-0.1, -0.05) is 60.7 Å². The van der Waals surface area contributed by atoms with Crippen LogP contribution in [0.3, 0.4) is 0 Å². The van der Waals surface area contributed by atoms with E-state index in [2.05, 4.69) is 16.4 Å². The van der Waals surface area contributed by atoms with Gasteiger partial charge in [-0.05, 0) is 79.3 Å². The highest BCUT2D eigenvalue weighted by molar-refractivity contribution is 7.09. The van der Waals surface area contributed by atoms with Crippen molar-refractivity contribution >= 4 is 46.2 Å².